The van der Waals surface area contributed by atoms with E-state index in [0.717, 1.165) is 17.5 Å². The van der Waals surface area contributed by atoms with Gasteiger partial charge in [0.1, 0.15) is 6.04 Å². The van der Waals surface area contributed by atoms with Crippen molar-refractivity contribution in [1.29, 1.82) is 0 Å². The molecule has 0 aliphatic carbocycles. The van der Waals surface area contributed by atoms with Crippen LogP contribution in [0.3, 0.4) is 0 Å². The molecule has 194 valence electrons. The number of hydrogen-bond acceptors (Lipinski definition) is 5. The van der Waals surface area contributed by atoms with E-state index < -0.39 is 23.8 Å². The predicted molar refractivity (Wildman–Crippen MR) is 135 cm³/mol. The van der Waals surface area contributed by atoms with Gasteiger partial charge in [0.2, 0.25) is 11.8 Å². The molecule has 2 rings (SSSR count). The lowest BCUT2D eigenvalue weighted by molar-refractivity contribution is -0.139. The SMILES string of the molecule is CCCCC(=O)N(CC(=O)N[C@@H](CC(C)C)C(=O)NO)Cc1ccc(-c2ccccc2C(=O)O)cc1. The zero-order chi connectivity index (χ0) is 26.7. The molecule has 0 heterocycles. The highest BCUT2D eigenvalue weighted by atomic mass is 16.5. The average molecular weight is 498 g/mol. The molecule has 0 radical (unpaired) electrons. The maximum absolute atomic E-state index is 12.9. The van der Waals surface area contributed by atoms with Gasteiger partial charge in [0.05, 0.1) is 12.1 Å². The van der Waals surface area contributed by atoms with Crippen molar-refractivity contribution in [3.05, 3.63) is 59.7 Å². The molecule has 2 aromatic rings. The van der Waals surface area contributed by atoms with E-state index in [-0.39, 0.29) is 30.5 Å². The lowest BCUT2D eigenvalue weighted by atomic mass is 9.98. The molecule has 3 amide bonds. The second kappa shape index (κ2) is 14.0. The average Bonchev–Trinajstić information content (AvgIpc) is 2.86. The number of benzene rings is 2. The van der Waals surface area contributed by atoms with Gasteiger partial charge in [-0.15, -0.1) is 0 Å². The first-order chi connectivity index (χ1) is 17.2. The van der Waals surface area contributed by atoms with Gasteiger partial charge in [0.15, 0.2) is 0 Å². The summed E-state index contributed by atoms with van der Waals surface area (Å²) >= 11 is 0. The monoisotopic (exact) mass is 497 g/mol. The van der Waals surface area contributed by atoms with Gasteiger partial charge in [0, 0.05) is 13.0 Å². The molecule has 1 atom stereocenters. The third-order valence-corrected chi connectivity index (χ3v) is 5.70. The highest BCUT2D eigenvalue weighted by Gasteiger charge is 2.24. The molecule has 4 N–H and O–H groups in total. The van der Waals surface area contributed by atoms with Crippen LogP contribution in [0.2, 0.25) is 0 Å². The van der Waals surface area contributed by atoms with E-state index in [1.807, 2.05) is 20.8 Å². The van der Waals surface area contributed by atoms with E-state index in [4.69, 9.17) is 5.21 Å². The van der Waals surface area contributed by atoms with E-state index in [1.54, 1.807) is 54.0 Å². The lowest BCUT2D eigenvalue weighted by Gasteiger charge is -2.25. The van der Waals surface area contributed by atoms with Gasteiger partial charge >= 0.3 is 5.97 Å². The van der Waals surface area contributed by atoms with Crippen LogP contribution < -0.4 is 10.8 Å². The van der Waals surface area contributed by atoms with Crippen LogP contribution >= 0.6 is 0 Å². The van der Waals surface area contributed by atoms with Gasteiger partial charge in [-0.25, -0.2) is 10.3 Å². The standard InChI is InChI=1S/C27H35N3O6/c1-4-5-10-25(32)30(17-24(31)28-23(15-18(2)3)26(33)29-36)16-19-11-13-20(14-12-19)21-8-6-7-9-22(21)27(34)35/h6-9,11-14,18,23,36H,4-5,10,15-17H2,1-3H3,(H,28,31)(H,29,33)(H,34,35)/t23-/m0/s1. The molecule has 36 heavy (non-hydrogen) atoms. The van der Waals surface area contributed by atoms with Crippen molar-refractivity contribution in [1.82, 2.24) is 15.7 Å². The molecule has 0 spiro atoms. The van der Waals surface area contributed by atoms with Crippen LogP contribution in [0.1, 0.15) is 62.4 Å². The lowest BCUT2D eigenvalue weighted by Crippen LogP contribution is -2.50. The number of unbranched alkanes of at least 4 members (excludes halogenated alkanes) is 1. The van der Waals surface area contributed by atoms with Crippen molar-refractivity contribution in [2.45, 2.75) is 59.0 Å². The summed E-state index contributed by atoms with van der Waals surface area (Å²) in [6.07, 6.45) is 2.14. The van der Waals surface area contributed by atoms with Gasteiger partial charge in [-0.3, -0.25) is 19.6 Å². The Balaban J connectivity index is 2.19. The zero-order valence-corrected chi connectivity index (χ0v) is 21.0. The molecule has 0 aliphatic rings. The molecule has 0 aliphatic heterocycles. The molecular weight excluding hydrogens is 462 g/mol. The van der Waals surface area contributed by atoms with Crippen molar-refractivity contribution in [2.75, 3.05) is 6.54 Å². The van der Waals surface area contributed by atoms with Crippen LogP contribution in [0.5, 0.6) is 0 Å². The fourth-order valence-electron chi connectivity index (χ4n) is 3.84. The summed E-state index contributed by atoms with van der Waals surface area (Å²) in [6.45, 7) is 5.70. The third kappa shape index (κ3) is 8.49. The first kappa shape index (κ1) is 28.5. The number of aromatic carboxylic acids is 1. The summed E-state index contributed by atoms with van der Waals surface area (Å²) in [5.41, 5.74) is 3.86. The number of carbonyl (C=O) groups is 4. The van der Waals surface area contributed by atoms with E-state index in [9.17, 15) is 24.3 Å². The smallest absolute Gasteiger partial charge is 0.336 e. The summed E-state index contributed by atoms with van der Waals surface area (Å²) in [4.78, 5) is 50.6. The zero-order valence-electron chi connectivity index (χ0n) is 21.0. The predicted octanol–water partition coefficient (Wildman–Crippen LogP) is 3.61. The molecular formula is C27H35N3O6. The van der Waals surface area contributed by atoms with Crippen LogP contribution in [0.15, 0.2) is 48.5 Å². The first-order valence-electron chi connectivity index (χ1n) is 12.1. The maximum atomic E-state index is 12.9. The van der Waals surface area contributed by atoms with E-state index in [0.29, 0.717) is 24.8 Å². The van der Waals surface area contributed by atoms with Gasteiger partial charge < -0.3 is 15.3 Å². The van der Waals surface area contributed by atoms with Crippen LogP contribution in [-0.4, -0.2) is 51.5 Å². The number of rotatable bonds is 13. The number of amides is 3. The number of carboxylic acid groups (broad SMARTS) is 1. The summed E-state index contributed by atoms with van der Waals surface area (Å²) in [6, 6.07) is 13.0. The largest absolute Gasteiger partial charge is 0.478 e. The fourth-order valence-corrected chi connectivity index (χ4v) is 3.84. The minimum absolute atomic E-state index is 0.0969. The molecule has 0 bridgehead atoms. The molecule has 9 heteroatoms. The molecule has 2 aromatic carbocycles. The quantitative estimate of drug-likeness (QED) is 0.247. The van der Waals surface area contributed by atoms with Crippen molar-refractivity contribution in [3.8, 4) is 11.1 Å². The van der Waals surface area contributed by atoms with Crippen molar-refractivity contribution in [2.24, 2.45) is 5.92 Å². The van der Waals surface area contributed by atoms with Crippen LogP contribution in [0.25, 0.3) is 11.1 Å². The molecule has 9 nitrogen and oxygen atoms in total. The van der Waals surface area contributed by atoms with Crippen molar-refractivity contribution < 1.29 is 29.5 Å². The molecule has 0 aromatic heterocycles. The van der Waals surface area contributed by atoms with Crippen LogP contribution in [-0.2, 0) is 20.9 Å². The minimum Gasteiger partial charge on any atom is -0.478 e. The van der Waals surface area contributed by atoms with E-state index in [1.165, 1.54) is 4.90 Å². The van der Waals surface area contributed by atoms with E-state index >= 15 is 0 Å². The fraction of sp³-hybridized carbons (Fsp3) is 0.407. The number of carboxylic acids is 1. The Morgan fingerprint density at radius 2 is 1.67 bits per heavy atom. The minimum atomic E-state index is -1.01. The van der Waals surface area contributed by atoms with Crippen LogP contribution in [0.4, 0.5) is 0 Å². The van der Waals surface area contributed by atoms with Crippen LogP contribution in [0, 0.1) is 5.92 Å². The van der Waals surface area contributed by atoms with Gasteiger partial charge in [0.25, 0.3) is 5.91 Å². The Bertz CT molecular complexity index is 1050. The molecule has 0 fully saturated rings. The number of nitrogens with one attached hydrogen (secondary N) is 2. The Hall–Kier alpha value is -3.72. The number of hydroxylamine groups is 1. The van der Waals surface area contributed by atoms with Gasteiger partial charge in [-0.2, -0.15) is 0 Å². The Morgan fingerprint density at radius 1 is 1.00 bits per heavy atom. The molecule has 0 unspecified atom stereocenters. The Kier molecular flexibility index (Phi) is 11.1. The summed E-state index contributed by atoms with van der Waals surface area (Å²) in [5, 5.41) is 21.1. The number of carbonyl (C=O) groups excluding carboxylic acids is 3. The number of hydrogen-bond donors (Lipinski definition) is 4. The number of nitrogens with zero attached hydrogens (tertiary/aromatic N) is 1. The third-order valence-electron chi connectivity index (χ3n) is 5.70. The summed E-state index contributed by atoms with van der Waals surface area (Å²) < 4.78 is 0. The normalized spacial score (nSPS) is 11.6. The second-order valence-electron chi connectivity index (χ2n) is 9.13. The Morgan fingerprint density at radius 3 is 2.25 bits per heavy atom. The highest BCUT2D eigenvalue weighted by Crippen LogP contribution is 2.24. The van der Waals surface area contributed by atoms with Gasteiger partial charge in [-0.05, 0) is 41.5 Å². The van der Waals surface area contributed by atoms with E-state index in [2.05, 4.69) is 5.32 Å². The maximum Gasteiger partial charge on any atom is 0.336 e. The first-order valence-corrected chi connectivity index (χ1v) is 12.1. The topological polar surface area (TPSA) is 136 Å². The highest BCUT2D eigenvalue weighted by molar-refractivity contribution is 5.96. The summed E-state index contributed by atoms with van der Waals surface area (Å²) in [7, 11) is 0. The summed E-state index contributed by atoms with van der Waals surface area (Å²) in [5.74, 6) is -2.31. The molecule has 0 saturated carbocycles. The second-order valence-corrected chi connectivity index (χ2v) is 9.13. The van der Waals surface area contributed by atoms with Crippen molar-refractivity contribution in [3.63, 3.8) is 0 Å². The van der Waals surface area contributed by atoms with Gasteiger partial charge in [-0.1, -0.05) is 69.7 Å². The van der Waals surface area contributed by atoms with Crippen molar-refractivity contribution >= 4 is 23.7 Å². The Labute approximate surface area is 211 Å². The molecule has 0 saturated heterocycles.